The molecule has 4 aliphatic heterocycles. The molecule has 0 aromatic carbocycles. The SMILES string of the molecule is [C]1=C(C2=NOCC=C2)N(C2N=CC=CO2)C(C2=NCC=CO2)=CO1. The van der Waals surface area contributed by atoms with Crippen LogP contribution in [0.2, 0.25) is 0 Å². The van der Waals surface area contributed by atoms with Crippen LogP contribution in [-0.2, 0) is 19.0 Å². The van der Waals surface area contributed by atoms with Crippen LogP contribution in [0.1, 0.15) is 0 Å². The number of nitrogens with zero attached hydrogens (tertiary/aromatic N) is 4. The maximum Gasteiger partial charge on any atom is 0.274 e. The van der Waals surface area contributed by atoms with E-state index in [0.717, 1.165) is 0 Å². The zero-order valence-electron chi connectivity index (χ0n) is 12.5. The minimum absolute atomic E-state index is 0.395. The predicted molar refractivity (Wildman–Crippen MR) is 85.3 cm³/mol. The summed E-state index contributed by atoms with van der Waals surface area (Å²) in [5.41, 5.74) is 1.58. The number of ether oxygens (including phenoxy) is 3. The van der Waals surface area contributed by atoms with Crippen LogP contribution in [0, 0.1) is 6.26 Å². The minimum atomic E-state index is -0.664. The Morgan fingerprint density at radius 3 is 3.00 bits per heavy atom. The van der Waals surface area contributed by atoms with Gasteiger partial charge in [0.2, 0.25) is 5.90 Å². The first kappa shape index (κ1) is 14.3. The number of aliphatic imine (C=N–C) groups is 2. The topological polar surface area (TPSA) is 77.2 Å². The van der Waals surface area contributed by atoms with Crippen molar-refractivity contribution in [2.45, 2.75) is 6.35 Å². The highest BCUT2D eigenvalue weighted by Gasteiger charge is 2.35. The Bertz CT molecular complexity index is 758. The third-order valence-corrected chi connectivity index (χ3v) is 3.31. The molecule has 1 unspecified atom stereocenters. The standard InChI is InChI=1S/C16H13N4O4/c1-4-12(19-24-9-1)13-10-21-11-14(15-17-5-2-7-22-15)20(13)16-18-6-3-8-23-16/h1-4,6-8,11,16H,5,9H2. The van der Waals surface area contributed by atoms with E-state index in [-0.39, 0.29) is 0 Å². The van der Waals surface area contributed by atoms with Gasteiger partial charge in [0.15, 0.2) is 6.26 Å². The smallest absolute Gasteiger partial charge is 0.274 e. The van der Waals surface area contributed by atoms with Crippen molar-refractivity contribution >= 4 is 17.8 Å². The molecule has 121 valence electrons. The van der Waals surface area contributed by atoms with Gasteiger partial charge in [-0.15, -0.1) is 0 Å². The summed E-state index contributed by atoms with van der Waals surface area (Å²) in [6.45, 7) is 0.934. The molecule has 8 nitrogen and oxygen atoms in total. The lowest BCUT2D eigenvalue weighted by atomic mass is 10.2. The molecule has 0 N–H and O–H groups in total. The van der Waals surface area contributed by atoms with Crippen LogP contribution in [-0.4, -0.2) is 42.2 Å². The fraction of sp³-hybridized carbons (Fsp3) is 0.188. The van der Waals surface area contributed by atoms with E-state index >= 15 is 0 Å². The molecule has 1 radical (unpaired) electrons. The maximum absolute atomic E-state index is 5.60. The normalized spacial score (nSPS) is 24.7. The van der Waals surface area contributed by atoms with E-state index < -0.39 is 6.35 Å². The fourth-order valence-electron chi connectivity index (χ4n) is 2.29. The minimum Gasteiger partial charge on any atom is -0.458 e. The zero-order valence-corrected chi connectivity index (χ0v) is 12.5. The summed E-state index contributed by atoms with van der Waals surface area (Å²) in [6, 6.07) is 0. The monoisotopic (exact) mass is 325 g/mol. The first-order valence-corrected chi connectivity index (χ1v) is 7.28. The predicted octanol–water partition coefficient (Wildman–Crippen LogP) is 1.59. The molecule has 0 bridgehead atoms. The third-order valence-electron chi connectivity index (χ3n) is 3.31. The molecule has 0 aromatic rings. The second-order valence-corrected chi connectivity index (χ2v) is 4.84. The van der Waals surface area contributed by atoms with Gasteiger partial charge in [-0.25, -0.2) is 9.98 Å². The quantitative estimate of drug-likeness (QED) is 0.787. The maximum atomic E-state index is 5.60. The summed E-state index contributed by atoms with van der Waals surface area (Å²) >= 11 is 0. The summed E-state index contributed by atoms with van der Waals surface area (Å²) in [6.07, 6.45) is 15.6. The molecular formula is C16H13N4O4. The van der Waals surface area contributed by atoms with E-state index in [1.54, 1.807) is 35.8 Å². The van der Waals surface area contributed by atoms with E-state index in [1.165, 1.54) is 6.26 Å². The van der Waals surface area contributed by atoms with E-state index in [9.17, 15) is 0 Å². The molecule has 0 aromatic heterocycles. The van der Waals surface area contributed by atoms with Crippen LogP contribution in [0.15, 0.2) is 69.6 Å². The molecule has 4 rings (SSSR count). The summed E-state index contributed by atoms with van der Waals surface area (Å²) in [7, 11) is 0. The highest BCUT2D eigenvalue weighted by atomic mass is 16.6. The van der Waals surface area contributed by atoms with Crippen molar-refractivity contribution in [1.82, 2.24) is 4.90 Å². The van der Waals surface area contributed by atoms with E-state index in [4.69, 9.17) is 19.0 Å². The van der Waals surface area contributed by atoms with Gasteiger partial charge in [-0.1, -0.05) is 5.16 Å². The van der Waals surface area contributed by atoms with Gasteiger partial charge in [-0.3, -0.25) is 4.90 Å². The van der Waals surface area contributed by atoms with E-state index in [0.29, 0.717) is 36.2 Å². The van der Waals surface area contributed by atoms with Crippen LogP contribution >= 0.6 is 0 Å². The lowest BCUT2D eigenvalue weighted by Crippen LogP contribution is -2.41. The van der Waals surface area contributed by atoms with Crippen LogP contribution < -0.4 is 0 Å². The molecule has 8 heteroatoms. The number of hydrogen-bond donors (Lipinski definition) is 0. The Morgan fingerprint density at radius 1 is 1.25 bits per heavy atom. The van der Waals surface area contributed by atoms with Crippen molar-refractivity contribution in [2.75, 3.05) is 13.2 Å². The molecule has 0 amide bonds. The van der Waals surface area contributed by atoms with Gasteiger partial charge in [0, 0.05) is 6.21 Å². The lowest BCUT2D eigenvalue weighted by Gasteiger charge is -2.35. The second kappa shape index (κ2) is 6.45. The molecule has 0 aliphatic carbocycles. The largest absolute Gasteiger partial charge is 0.458 e. The van der Waals surface area contributed by atoms with Gasteiger partial charge in [0.25, 0.3) is 6.35 Å². The summed E-state index contributed by atoms with van der Waals surface area (Å²) in [4.78, 5) is 15.5. The Kier molecular flexibility index (Phi) is 3.85. The van der Waals surface area contributed by atoms with Gasteiger partial charge in [0.05, 0.1) is 19.1 Å². The summed E-state index contributed by atoms with van der Waals surface area (Å²) in [5.74, 6) is 0.395. The number of oxime groups is 1. The Balaban J connectivity index is 1.70. The van der Waals surface area contributed by atoms with Crippen molar-refractivity contribution in [3.05, 3.63) is 60.7 Å². The molecule has 0 saturated carbocycles. The van der Waals surface area contributed by atoms with Crippen molar-refractivity contribution in [1.29, 1.82) is 0 Å². The zero-order chi connectivity index (χ0) is 16.2. The molecule has 0 saturated heterocycles. The number of allylic oxidation sites excluding steroid dienone is 2. The van der Waals surface area contributed by atoms with Gasteiger partial charge in [0.1, 0.15) is 30.0 Å². The van der Waals surface area contributed by atoms with Gasteiger partial charge < -0.3 is 19.0 Å². The first-order valence-electron chi connectivity index (χ1n) is 7.28. The van der Waals surface area contributed by atoms with Gasteiger partial charge in [-0.2, -0.15) is 0 Å². The van der Waals surface area contributed by atoms with Crippen molar-refractivity contribution in [3.63, 3.8) is 0 Å². The fourth-order valence-corrected chi connectivity index (χ4v) is 2.29. The summed E-state index contributed by atoms with van der Waals surface area (Å²) in [5, 5.41) is 4.04. The van der Waals surface area contributed by atoms with Crippen LogP contribution in [0.4, 0.5) is 0 Å². The van der Waals surface area contributed by atoms with Crippen molar-refractivity contribution in [2.24, 2.45) is 15.1 Å². The molecule has 0 spiro atoms. The van der Waals surface area contributed by atoms with Crippen LogP contribution in [0.25, 0.3) is 0 Å². The molecule has 24 heavy (non-hydrogen) atoms. The second-order valence-electron chi connectivity index (χ2n) is 4.84. The third kappa shape index (κ3) is 2.69. The Morgan fingerprint density at radius 2 is 2.25 bits per heavy atom. The Hall–Kier alpha value is -3.29. The first-order chi connectivity index (χ1) is 11.9. The number of rotatable bonds is 3. The molecule has 4 aliphatic rings. The van der Waals surface area contributed by atoms with Crippen molar-refractivity contribution in [3.8, 4) is 0 Å². The van der Waals surface area contributed by atoms with E-state index in [1.807, 2.05) is 12.2 Å². The molecule has 0 fully saturated rings. The number of hydrogen-bond acceptors (Lipinski definition) is 8. The molecule has 4 heterocycles. The van der Waals surface area contributed by atoms with Crippen LogP contribution in [0.3, 0.4) is 0 Å². The molecule has 1 atom stereocenters. The Labute approximate surface area is 138 Å². The highest BCUT2D eigenvalue weighted by Crippen LogP contribution is 2.28. The lowest BCUT2D eigenvalue weighted by molar-refractivity contribution is 0.0376. The van der Waals surface area contributed by atoms with Crippen molar-refractivity contribution < 1.29 is 19.0 Å². The molecular weight excluding hydrogens is 312 g/mol. The average molecular weight is 325 g/mol. The van der Waals surface area contributed by atoms with Gasteiger partial charge >= 0.3 is 0 Å². The summed E-state index contributed by atoms with van der Waals surface area (Å²) < 4.78 is 16.5. The van der Waals surface area contributed by atoms with Crippen LogP contribution in [0.5, 0.6) is 0 Å². The van der Waals surface area contributed by atoms with Gasteiger partial charge in [-0.05, 0) is 24.3 Å². The van der Waals surface area contributed by atoms with E-state index in [2.05, 4.69) is 21.4 Å². The average Bonchev–Trinajstić information content (AvgIpc) is 2.69. The highest BCUT2D eigenvalue weighted by molar-refractivity contribution is 6.09.